The Kier molecular flexibility index (Phi) is 11.5. The third-order valence-corrected chi connectivity index (χ3v) is 3.00. The molecule has 0 unspecified atom stereocenters. The zero-order valence-corrected chi connectivity index (χ0v) is 15.4. The van der Waals surface area contributed by atoms with Crippen molar-refractivity contribution in [2.75, 3.05) is 0 Å². The number of rotatable bonds is 0. The van der Waals surface area contributed by atoms with Gasteiger partial charge >= 0.3 is 29.5 Å². The summed E-state index contributed by atoms with van der Waals surface area (Å²) < 4.78 is 31.9. The molecule has 0 aromatic heterocycles. The second kappa shape index (κ2) is 9.07. The van der Waals surface area contributed by atoms with Crippen LogP contribution in [0.4, 0.5) is 0 Å². The van der Waals surface area contributed by atoms with Gasteiger partial charge in [0.15, 0.2) is 0 Å². The standard InChI is InChI=1S/2C7H15.Cr.2H2O.2O/c2*1-6(2)7(3,4)5;;;;;/h2*1-5H3;;2*1H2;;/q2*-1;+2;;;;/p-2. The summed E-state index contributed by atoms with van der Waals surface area (Å²) in [6.45, 7) is 22.0. The van der Waals surface area contributed by atoms with Crippen LogP contribution in [0.15, 0.2) is 0 Å². The van der Waals surface area contributed by atoms with Crippen LogP contribution in [0.25, 0.3) is 0 Å². The molecular formula is C14H32CrO4-2. The monoisotopic (exact) mass is 316 g/mol. The summed E-state index contributed by atoms with van der Waals surface area (Å²) in [4.78, 5) is 0. The van der Waals surface area contributed by atoms with Gasteiger partial charge in [-0.15, -0.1) is 0 Å². The predicted molar refractivity (Wildman–Crippen MR) is 73.9 cm³/mol. The van der Waals surface area contributed by atoms with E-state index in [2.05, 4.69) is 69.2 Å². The van der Waals surface area contributed by atoms with Crippen molar-refractivity contribution in [3.8, 4) is 0 Å². The molecule has 0 rings (SSSR count). The molecule has 120 valence electrons. The van der Waals surface area contributed by atoms with Crippen molar-refractivity contribution >= 4 is 0 Å². The number of hydrogen-bond acceptors (Lipinski definition) is 2. The Bertz CT molecular complexity index is 277. The Morgan fingerprint density at radius 3 is 0.737 bits per heavy atom. The molecule has 4 nitrogen and oxygen atoms in total. The summed E-state index contributed by atoms with van der Waals surface area (Å²) >= 11 is -5.25. The SMILES string of the molecule is C[C-](C)C(C)(C)C.C[C-](C)C(C)(C)C.[O]=[Cr](=[O])([OH])[OH]. The van der Waals surface area contributed by atoms with Crippen molar-refractivity contribution in [1.82, 2.24) is 0 Å². The molecule has 0 atom stereocenters. The molecule has 2 N–H and O–H groups in total. The van der Waals surface area contributed by atoms with Crippen molar-refractivity contribution in [2.24, 2.45) is 10.8 Å². The molecule has 0 saturated heterocycles. The average Bonchev–Trinajstić information content (AvgIpc) is 1.97. The van der Waals surface area contributed by atoms with Crippen LogP contribution in [0.1, 0.15) is 69.2 Å². The molecule has 0 aliphatic carbocycles. The molecule has 0 aromatic carbocycles. The fourth-order valence-electron chi connectivity index (χ4n) is 0. The van der Waals surface area contributed by atoms with Crippen molar-refractivity contribution < 1.29 is 29.5 Å². The Labute approximate surface area is 122 Å². The molecule has 0 aromatic rings. The van der Waals surface area contributed by atoms with Crippen LogP contribution in [0.2, 0.25) is 0 Å². The van der Waals surface area contributed by atoms with Gasteiger partial charge in [-0.3, -0.25) is 0 Å². The van der Waals surface area contributed by atoms with Gasteiger partial charge in [-0.1, -0.05) is 41.5 Å². The molecule has 0 heterocycles. The van der Waals surface area contributed by atoms with Crippen molar-refractivity contribution in [1.29, 1.82) is 0 Å². The summed E-state index contributed by atoms with van der Waals surface area (Å²) in [6.07, 6.45) is 0. The Morgan fingerprint density at radius 1 is 0.684 bits per heavy atom. The van der Waals surface area contributed by atoms with Gasteiger partial charge in [-0.2, -0.15) is 38.5 Å². The van der Waals surface area contributed by atoms with Crippen LogP contribution in [0.3, 0.4) is 0 Å². The minimum atomic E-state index is -5.25. The van der Waals surface area contributed by atoms with Gasteiger partial charge in [0, 0.05) is 0 Å². The summed E-state index contributed by atoms with van der Waals surface area (Å²) in [7, 11) is 0. The van der Waals surface area contributed by atoms with Gasteiger partial charge in [0.05, 0.1) is 0 Å². The molecule has 0 amide bonds. The van der Waals surface area contributed by atoms with E-state index in [0.29, 0.717) is 10.8 Å². The predicted octanol–water partition coefficient (Wildman–Crippen LogP) is 3.94. The third kappa shape index (κ3) is 32.0. The van der Waals surface area contributed by atoms with Gasteiger partial charge in [0.1, 0.15) is 0 Å². The first-order valence-corrected chi connectivity index (χ1v) is 8.38. The van der Waals surface area contributed by atoms with Crippen LogP contribution < -0.4 is 0 Å². The quantitative estimate of drug-likeness (QED) is 0.664. The van der Waals surface area contributed by atoms with Crippen molar-refractivity contribution in [3.05, 3.63) is 11.8 Å². The van der Waals surface area contributed by atoms with Gasteiger partial charge in [0.2, 0.25) is 0 Å². The molecule has 0 aliphatic rings. The van der Waals surface area contributed by atoms with Gasteiger partial charge < -0.3 is 11.8 Å². The van der Waals surface area contributed by atoms with E-state index in [4.69, 9.17) is 15.9 Å². The van der Waals surface area contributed by atoms with Gasteiger partial charge in [-0.05, 0) is 0 Å². The van der Waals surface area contributed by atoms with Crippen LogP contribution in [0.5, 0.6) is 0 Å². The second-order valence-corrected chi connectivity index (χ2v) is 8.35. The first-order chi connectivity index (χ1) is 7.89. The van der Waals surface area contributed by atoms with Crippen LogP contribution in [0, 0.1) is 22.7 Å². The molecule has 0 saturated carbocycles. The third-order valence-electron chi connectivity index (χ3n) is 3.00. The topological polar surface area (TPSA) is 74.6 Å². The molecule has 0 aliphatic heterocycles. The Balaban J connectivity index is -0.000000206. The molecule has 0 spiro atoms. The Morgan fingerprint density at radius 2 is 0.737 bits per heavy atom. The average molecular weight is 316 g/mol. The van der Waals surface area contributed by atoms with E-state index in [0.717, 1.165) is 0 Å². The summed E-state index contributed by atoms with van der Waals surface area (Å²) in [5.41, 5.74) is 0.833. The van der Waals surface area contributed by atoms with E-state index in [1.807, 2.05) is 0 Å². The maximum absolute atomic E-state index is 8.82. The summed E-state index contributed by atoms with van der Waals surface area (Å²) in [6, 6.07) is 0. The van der Waals surface area contributed by atoms with E-state index in [1.54, 1.807) is 0 Å². The molecular weight excluding hydrogens is 284 g/mol. The first kappa shape index (κ1) is 24.1. The van der Waals surface area contributed by atoms with Crippen molar-refractivity contribution in [2.45, 2.75) is 69.2 Å². The molecule has 5 heteroatoms. The normalized spacial score (nSPS) is 12.5. The molecule has 19 heavy (non-hydrogen) atoms. The molecule has 0 fully saturated rings. The van der Waals surface area contributed by atoms with Crippen LogP contribution >= 0.6 is 0 Å². The fourth-order valence-corrected chi connectivity index (χ4v) is 0. The summed E-state index contributed by atoms with van der Waals surface area (Å²) in [5.74, 6) is 2.99. The van der Waals surface area contributed by atoms with Crippen molar-refractivity contribution in [3.63, 3.8) is 0 Å². The first-order valence-electron chi connectivity index (χ1n) is 6.20. The van der Waals surface area contributed by atoms with E-state index < -0.39 is 13.6 Å². The zero-order chi connectivity index (χ0) is 16.7. The van der Waals surface area contributed by atoms with Crippen LogP contribution in [-0.2, 0) is 21.2 Å². The fraction of sp³-hybridized carbons (Fsp3) is 0.857. The second-order valence-electron chi connectivity index (χ2n) is 6.95. The van der Waals surface area contributed by atoms with E-state index in [1.165, 1.54) is 11.8 Å². The van der Waals surface area contributed by atoms with Gasteiger partial charge in [0.25, 0.3) is 0 Å². The van der Waals surface area contributed by atoms with E-state index in [9.17, 15) is 0 Å². The van der Waals surface area contributed by atoms with Crippen LogP contribution in [-0.4, -0.2) is 8.32 Å². The van der Waals surface area contributed by atoms with E-state index >= 15 is 0 Å². The molecule has 0 bridgehead atoms. The number of hydrogen-bond donors (Lipinski definition) is 2. The molecule has 0 radical (unpaired) electrons. The Hall–Kier alpha value is 0.0525. The van der Waals surface area contributed by atoms with Gasteiger partial charge in [-0.25, -0.2) is 0 Å². The zero-order valence-electron chi connectivity index (χ0n) is 14.1. The summed E-state index contributed by atoms with van der Waals surface area (Å²) in [5, 5.41) is 0. The van der Waals surface area contributed by atoms with E-state index in [-0.39, 0.29) is 0 Å². The minimum absolute atomic E-state index is 0.417. The maximum atomic E-state index is 8.82.